The fourth-order valence-corrected chi connectivity index (χ4v) is 5.06. The molecule has 0 bridgehead atoms. The van der Waals surface area contributed by atoms with Crippen molar-refractivity contribution in [3.8, 4) is 0 Å². The average Bonchev–Trinajstić information content (AvgIpc) is 3.33. The van der Waals surface area contributed by atoms with E-state index in [4.69, 9.17) is 10.1 Å². The molecule has 10 heteroatoms. The molecular formula is C23H25N7O2S. The summed E-state index contributed by atoms with van der Waals surface area (Å²) in [5.74, 6) is 1.14. The number of aromatic nitrogens is 4. The molecule has 0 atom stereocenters. The number of benzene rings is 2. The Morgan fingerprint density at radius 3 is 2.55 bits per heavy atom. The summed E-state index contributed by atoms with van der Waals surface area (Å²) >= 11 is 0. The van der Waals surface area contributed by atoms with Crippen molar-refractivity contribution in [2.45, 2.75) is 38.0 Å². The van der Waals surface area contributed by atoms with Crippen LogP contribution in [0.15, 0.2) is 41.3 Å². The lowest BCUT2D eigenvalue weighted by atomic mass is 10.2. The smallest absolute Gasteiger partial charge is 0.238 e. The van der Waals surface area contributed by atoms with Gasteiger partial charge in [-0.15, -0.1) is 0 Å². The first-order valence-corrected chi connectivity index (χ1v) is 12.2. The molecular weight excluding hydrogens is 438 g/mol. The molecule has 0 saturated heterocycles. The van der Waals surface area contributed by atoms with Crippen LogP contribution in [-0.2, 0) is 29.9 Å². The van der Waals surface area contributed by atoms with Crippen LogP contribution >= 0.6 is 0 Å². The number of nitrogens with zero attached hydrogens (tertiary/aromatic N) is 4. The van der Waals surface area contributed by atoms with Gasteiger partial charge < -0.3 is 10.6 Å². The topological polar surface area (TPSA) is 128 Å². The molecule has 1 aliphatic rings. The Kier molecular flexibility index (Phi) is 5.06. The van der Waals surface area contributed by atoms with E-state index in [1.165, 1.54) is 6.07 Å². The predicted octanol–water partition coefficient (Wildman–Crippen LogP) is 3.60. The minimum atomic E-state index is -3.83. The van der Waals surface area contributed by atoms with Gasteiger partial charge in [-0.3, -0.25) is 4.68 Å². The Hall–Kier alpha value is -3.50. The summed E-state index contributed by atoms with van der Waals surface area (Å²) in [7, 11) is -1.89. The Labute approximate surface area is 192 Å². The van der Waals surface area contributed by atoms with Crippen molar-refractivity contribution in [1.29, 1.82) is 0 Å². The standard InChI is InChI=1S/C23H25N7O2S/c1-13-7-8-16(12-21(13)33(24,31)32)26-23-27-19-6-4-5-18(19)22(28-23)25-15-9-10-17-14(2)30(3)29-20(17)11-15/h7-12H,4-6H2,1-3H3,(H2,24,31,32)(H2,25,26,27,28). The zero-order valence-electron chi connectivity index (χ0n) is 18.7. The summed E-state index contributed by atoms with van der Waals surface area (Å²) < 4.78 is 25.6. The van der Waals surface area contributed by atoms with E-state index in [0.29, 0.717) is 17.2 Å². The summed E-state index contributed by atoms with van der Waals surface area (Å²) in [6, 6.07) is 11.1. The highest BCUT2D eigenvalue weighted by Gasteiger charge is 2.20. The second-order valence-electron chi connectivity index (χ2n) is 8.39. The Morgan fingerprint density at radius 1 is 1.00 bits per heavy atom. The molecule has 0 saturated carbocycles. The molecule has 0 unspecified atom stereocenters. The van der Waals surface area contributed by atoms with Crippen molar-refractivity contribution in [3.63, 3.8) is 0 Å². The molecule has 2 aromatic heterocycles. The van der Waals surface area contributed by atoms with E-state index >= 15 is 0 Å². The van der Waals surface area contributed by atoms with E-state index in [-0.39, 0.29) is 4.90 Å². The number of rotatable bonds is 5. The van der Waals surface area contributed by atoms with Crippen molar-refractivity contribution in [1.82, 2.24) is 19.7 Å². The third-order valence-electron chi connectivity index (χ3n) is 6.08. The molecule has 2 heterocycles. The summed E-state index contributed by atoms with van der Waals surface area (Å²) in [6.45, 7) is 3.75. The minimum Gasteiger partial charge on any atom is -0.340 e. The third-order valence-corrected chi connectivity index (χ3v) is 7.13. The van der Waals surface area contributed by atoms with Gasteiger partial charge in [-0.1, -0.05) is 6.07 Å². The van der Waals surface area contributed by atoms with Crippen molar-refractivity contribution < 1.29 is 8.42 Å². The van der Waals surface area contributed by atoms with Crippen LogP contribution in [0.3, 0.4) is 0 Å². The van der Waals surface area contributed by atoms with Gasteiger partial charge in [0.05, 0.1) is 16.1 Å². The second kappa shape index (κ2) is 7.82. The molecule has 9 nitrogen and oxygen atoms in total. The van der Waals surface area contributed by atoms with Crippen LogP contribution in [0.25, 0.3) is 10.9 Å². The van der Waals surface area contributed by atoms with Gasteiger partial charge in [0.2, 0.25) is 16.0 Å². The summed E-state index contributed by atoms with van der Waals surface area (Å²) in [4.78, 5) is 9.46. The lowest BCUT2D eigenvalue weighted by Gasteiger charge is -2.14. The SMILES string of the molecule is Cc1ccc(Nc2nc3c(c(Nc4ccc5c(C)n(C)nc5c4)n2)CCC3)cc1S(N)(=O)=O. The molecule has 0 radical (unpaired) electrons. The summed E-state index contributed by atoms with van der Waals surface area (Å²) in [5.41, 5.74) is 6.16. The number of sulfonamides is 1. The normalized spacial score (nSPS) is 13.3. The molecule has 170 valence electrons. The molecule has 2 aromatic carbocycles. The van der Waals surface area contributed by atoms with E-state index in [9.17, 15) is 8.42 Å². The average molecular weight is 464 g/mol. The van der Waals surface area contributed by atoms with Gasteiger partial charge in [0.25, 0.3) is 0 Å². The predicted molar refractivity (Wildman–Crippen MR) is 129 cm³/mol. The molecule has 5 rings (SSSR count). The quantitative estimate of drug-likeness (QED) is 0.412. The number of anilines is 4. The molecule has 0 amide bonds. The number of fused-ring (bicyclic) bond motifs is 2. The molecule has 1 aliphatic carbocycles. The summed E-state index contributed by atoms with van der Waals surface area (Å²) in [6.07, 6.45) is 2.79. The van der Waals surface area contributed by atoms with Gasteiger partial charge in [0.1, 0.15) is 5.82 Å². The number of primary sulfonamides is 1. The van der Waals surface area contributed by atoms with Crippen LogP contribution in [0.4, 0.5) is 23.1 Å². The molecule has 4 aromatic rings. The Balaban J connectivity index is 1.49. The van der Waals surface area contributed by atoms with Crippen molar-refractivity contribution in [3.05, 3.63) is 58.9 Å². The lowest BCUT2D eigenvalue weighted by molar-refractivity contribution is 0.597. The first-order valence-electron chi connectivity index (χ1n) is 10.7. The molecule has 0 fully saturated rings. The third kappa shape index (κ3) is 4.03. The van der Waals surface area contributed by atoms with Gasteiger partial charge in [-0.05, 0) is 69.0 Å². The molecule has 0 aliphatic heterocycles. The fourth-order valence-electron chi connectivity index (χ4n) is 4.25. The fraction of sp³-hybridized carbons (Fsp3) is 0.261. The van der Waals surface area contributed by atoms with E-state index in [2.05, 4.69) is 26.8 Å². The number of hydrogen-bond acceptors (Lipinski definition) is 7. The minimum absolute atomic E-state index is 0.0750. The van der Waals surface area contributed by atoms with Gasteiger partial charge in [-0.25, -0.2) is 18.5 Å². The van der Waals surface area contributed by atoms with Gasteiger partial charge >= 0.3 is 0 Å². The first kappa shape index (κ1) is 21.4. The highest BCUT2D eigenvalue weighted by molar-refractivity contribution is 7.89. The maximum absolute atomic E-state index is 11.9. The lowest BCUT2D eigenvalue weighted by Crippen LogP contribution is -2.14. The van der Waals surface area contributed by atoms with E-state index in [1.54, 1.807) is 19.1 Å². The van der Waals surface area contributed by atoms with Crippen LogP contribution in [0.5, 0.6) is 0 Å². The van der Waals surface area contributed by atoms with Crippen LogP contribution in [0, 0.1) is 13.8 Å². The van der Waals surface area contributed by atoms with E-state index in [0.717, 1.165) is 58.6 Å². The monoisotopic (exact) mass is 463 g/mol. The molecule has 0 spiro atoms. The number of hydrogen-bond donors (Lipinski definition) is 3. The highest BCUT2D eigenvalue weighted by atomic mass is 32.2. The van der Waals surface area contributed by atoms with E-state index in [1.807, 2.05) is 30.8 Å². The summed E-state index contributed by atoms with van der Waals surface area (Å²) in [5, 5.41) is 17.6. The maximum Gasteiger partial charge on any atom is 0.238 e. The van der Waals surface area contributed by atoms with Crippen LogP contribution in [0.2, 0.25) is 0 Å². The van der Waals surface area contributed by atoms with Crippen molar-refractivity contribution in [2.75, 3.05) is 10.6 Å². The number of nitrogens with two attached hydrogens (primary N) is 1. The highest BCUT2D eigenvalue weighted by Crippen LogP contribution is 2.32. The number of aryl methyl sites for hydroxylation is 4. The largest absolute Gasteiger partial charge is 0.340 e. The first-order chi connectivity index (χ1) is 15.7. The Morgan fingerprint density at radius 2 is 1.76 bits per heavy atom. The van der Waals surface area contributed by atoms with Gasteiger partial charge in [-0.2, -0.15) is 10.1 Å². The maximum atomic E-state index is 11.9. The van der Waals surface area contributed by atoms with Gasteiger partial charge in [0.15, 0.2) is 0 Å². The van der Waals surface area contributed by atoms with E-state index < -0.39 is 10.0 Å². The van der Waals surface area contributed by atoms with Crippen LogP contribution in [-0.4, -0.2) is 28.2 Å². The Bertz CT molecular complexity index is 1510. The van der Waals surface area contributed by atoms with Crippen LogP contribution < -0.4 is 15.8 Å². The van der Waals surface area contributed by atoms with Gasteiger partial charge in [0, 0.05) is 35.1 Å². The second-order valence-corrected chi connectivity index (χ2v) is 9.92. The molecule has 4 N–H and O–H groups in total. The van der Waals surface area contributed by atoms with Crippen molar-refractivity contribution in [2.24, 2.45) is 12.2 Å². The molecule has 33 heavy (non-hydrogen) atoms. The number of nitrogens with one attached hydrogen (secondary N) is 2. The van der Waals surface area contributed by atoms with Crippen LogP contribution in [0.1, 0.15) is 28.9 Å². The zero-order valence-corrected chi connectivity index (χ0v) is 19.5. The zero-order chi connectivity index (χ0) is 23.3. The van der Waals surface area contributed by atoms with Crippen molar-refractivity contribution >= 4 is 44.1 Å².